The summed E-state index contributed by atoms with van der Waals surface area (Å²) in [6.45, 7) is 6.67. The summed E-state index contributed by atoms with van der Waals surface area (Å²) < 4.78 is 0. The van der Waals surface area contributed by atoms with E-state index in [0.29, 0.717) is 5.95 Å². The molecule has 17 heavy (non-hydrogen) atoms. The number of hydrogen-bond donors (Lipinski definition) is 1. The SMILES string of the molecule is C[Si]1(C)CCN(c2nccc(C(=O)O)n2)CC1. The van der Waals surface area contributed by atoms with Crippen LogP contribution in [0.3, 0.4) is 0 Å². The smallest absolute Gasteiger partial charge is 0.354 e. The molecule has 0 unspecified atom stereocenters. The van der Waals surface area contributed by atoms with Gasteiger partial charge in [0.25, 0.3) is 0 Å². The van der Waals surface area contributed by atoms with Crippen LogP contribution in [-0.2, 0) is 0 Å². The van der Waals surface area contributed by atoms with Crippen LogP contribution >= 0.6 is 0 Å². The van der Waals surface area contributed by atoms with Crippen molar-refractivity contribution in [1.29, 1.82) is 0 Å². The zero-order chi connectivity index (χ0) is 12.5. The summed E-state index contributed by atoms with van der Waals surface area (Å²) in [5, 5.41) is 8.89. The fourth-order valence-corrected chi connectivity index (χ4v) is 3.93. The molecule has 0 spiro atoms. The molecule has 1 aromatic heterocycles. The zero-order valence-electron chi connectivity index (χ0n) is 10.2. The maximum atomic E-state index is 10.8. The summed E-state index contributed by atoms with van der Waals surface area (Å²) in [4.78, 5) is 21.2. The van der Waals surface area contributed by atoms with Crippen LogP contribution in [0.4, 0.5) is 5.95 Å². The summed E-state index contributed by atoms with van der Waals surface area (Å²) in [6.07, 6.45) is 1.52. The molecule has 6 heteroatoms. The zero-order valence-corrected chi connectivity index (χ0v) is 11.2. The molecule has 1 aliphatic heterocycles. The summed E-state index contributed by atoms with van der Waals surface area (Å²) in [7, 11) is -1.01. The molecular weight excluding hydrogens is 234 g/mol. The monoisotopic (exact) mass is 251 g/mol. The first kappa shape index (κ1) is 12.0. The molecular formula is C11H17N3O2Si. The molecule has 0 radical (unpaired) electrons. The van der Waals surface area contributed by atoms with Gasteiger partial charge in [-0.1, -0.05) is 13.1 Å². The summed E-state index contributed by atoms with van der Waals surface area (Å²) in [5.74, 6) is -0.449. The van der Waals surface area contributed by atoms with Crippen molar-refractivity contribution in [3.8, 4) is 0 Å². The third kappa shape index (κ3) is 2.82. The molecule has 0 amide bonds. The maximum absolute atomic E-state index is 10.8. The molecule has 0 aliphatic carbocycles. The Kier molecular flexibility index (Phi) is 3.15. The fraction of sp³-hybridized carbons (Fsp3) is 0.545. The number of aromatic nitrogens is 2. The molecule has 1 N–H and O–H groups in total. The Morgan fingerprint density at radius 3 is 2.65 bits per heavy atom. The highest BCUT2D eigenvalue weighted by Crippen LogP contribution is 2.24. The van der Waals surface area contributed by atoms with Crippen molar-refractivity contribution in [3.05, 3.63) is 18.0 Å². The van der Waals surface area contributed by atoms with Crippen molar-refractivity contribution in [3.63, 3.8) is 0 Å². The van der Waals surface area contributed by atoms with E-state index in [1.165, 1.54) is 24.4 Å². The first-order valence-electron chi connectivity index (χ1n) is 5.79. The molecule has 0 atom stereocenters. The van der Waals surface area contributed by atoms with Crippen molar-refractivity contribution < 1.29 is 9.90 Å². The van der Waals surface area contributed by atoms with Gasteiger partial charge in [-0.3, -0.25) is 0 Å². The summed E-state index contributed by atoms with van der Waals surface area (Å²) >= 11 is 0. The molecule has 0 aromatic carbocycles. The van der Waals surface area contributed by atoms with Gasteiger partial charge in [-0.25, -0.2) is 14.8 Å². The minimum absolute atomic E-state index is 0.0667. The normalized spacial score (nSPS) is 19.1. The lowest BCUT2D eigenvalue weighted by atomic mass is 10.4. The van der Waals surface area contributed by atoms with Gasteiger partial charge in [-0.05, 0) is 18.2 Å². The Labute approximate surface area is 102 Å². The second kappa shape index (κ2) is 4.44. The van der Waals surface area contributed by atoms with E-state index in [-0.39, 0.29) is 5.69 Å². The van der Waals surface area contributed by atoms with E-state index in [9.17, 15) is 4.79 Å². The number of anilines is 1. The molecule has 0 bridgehead atoms. The highest BCUT2D eigenvalue weighted by molar-refractivity contribution is 6.77. The molecule has 1 aliphatic rings. The Hall–Kier alpha value is -1.43. The lowest BCUT2D eigenvalue weighted by molar-refractivity contribution is 0.0690. The Bertz CT molecular complexity index is 426. The van der Waals surface area contributed by atoms with Crippen LogP contribution in [0.5, 0.6) is 0 Å². The number of carboxylic acids is 1. The fourth-order valence-electron chi connectivity index (χ4n) is 1.93. The first-order chi connectivity index (χ1) is 7.98. The minimum atomic E-state index is -1.01. The first-order valence-corrected chi connectivity index (χ1v) is 9.21. The van der Waals surface area contributed by atoms with Crippen LogP contribution in [-0.4, -0.2) is 42.2 Å². The number of carbonyl (C=O) groups is 1. The standard InChI is InChI=1S/C11H17N3O2Si/c1-17(2)7-5-14(6-8-17)11-12-4-3-9(13-11)10(15)16/h3-4H,5-8H2,1-2H3,(H,15,16). The molecule has 1 fully saturated rings. The van der Waals surface area contributed by atoms with Gasteiger partial charge in [0, 0.05) is 19.3 Å². The van der Waals surface area contributed by atoms with Crippen LogP contribution in [0.25, 0.3) is 0 Å². The average molecular weight is 251 g/mol. The lowest BCUT2D eigenvalue weighted by Crippen LogP contribution is -2.43. The summed E-state index contributed by atoms with van der Waals surface area (Å²) in [5.41, 5.74) is 0.0667. The van der Waals surface area contributed by atoms with E-state index in [2.05, 4.69) is 28.0 Å². The van der Waals surface area contributed by atoms with E-state index < -0.39 is 14.0 Å². The molecule has 5 nitrogen and oxygen atoms in total. The van der Waals surface area contributed by atoms with E-state index in [1.54, 1.807) is 0 Å². The topological polar surface area (TPSA) is 66.3 Å². The number of nitrogens with zero attached hydrogens (tertiary/aromatic N) is 3. The van der Waals surface area contributed by atoms with Crippen molar-refractivity contribution in [2.75, 3.05) is 18.0 Å². The Balaban J connectivity index is 2.13. The lowest BCUT2D eigenvalue weighted by Gasteiger charge is -2.35. The predicted octanol–water partition coefficient (Wildman–Crippen LogP) is 1.70. The van der Waals surface area contributed by atoms with Crippen LogP contribution in [0.2, 0.25) is 25.2 Å². The van der Waals surface area contributed by atoms with E-state index >= 15 is 0 Å². The third-order valence-electron chi connectivity index (χ3n) is 3.26. The molecule has 92 valence electrons. The molecule has 2 heterocycles. The van der Waals surface area contributed by atoms with E-state index in [0.717, 1.165) is 13.1 Å². The van der Waals surface area contributed by atoms with Gasteiger partial charge >= 0.3 is 5.97 Å². The van der Waals surface area contributed by atoms with Gasteiger partial charge < -0.3 is 10.0 Å². The van der Waals surface area contributed by atoms with Crippen LogP contribution < -0.4 is 4.90 Å². The Morgan fingerprint density at radius 1 is 1.41 bits per heavy atom. The van der Waals surface area contributed by atoms with Gasteiger partial charge in [0.1, 0.15) is 0 Å². The van der Waals surface area contributed by atoms with E-state index in [1.807, 2.05) is 0 Å². The summed E-state index contributed by atoms with van der Waals surface area (Å²) in [6, 6.07) is 3.86. The van der Waals surface area contributed by atoms with Crippen molar-refractivity contribution >= 4 is 20.0 Å². The molecule has 1 saturated heterocycles. The maximum Gasteiger partial charge on any atom is 0.354 e. The number of rotatable bonds is 2. The van der Waals surface area contributed by atoms with Crippen molar-refractivity contribution in [2.24, 2.45) is 0 Å². The quantitative estimate of drug-likeness (QED) is 0.810. The number of aromatic carboxylic acids is 1. The van der Waals surface area contributed by atoms with E-state index in [4.69, 9.17) is 5.11 Å². The third-order valence-corrected chi connectivity index (χ3v) is 6.42. The second-order valence-corrected chi connectivity index (χ2v) is 10.5. The van der Waals surface area contributed by atoms with Gasteiger partial charge in [-0.15, -0.1) is 0 Å². The highest BCUT2D eigenvalue weighted by atomic mass is 28.3. The highest BCUT2D eigenvalue weighted by Gasteiger charge is 2.28. The minimum Gasteiger partial charge on any atom is -0.477 e. The van der Waals surface area contributed by atoms with Gasteiger partial charge in [0.15, 0.2) is 5.69 Å². The largest absolute Gasteiger partial charge is 0.477 e. The number of carboxylic acid groups (broad SMARTS) is 1. The van der Waals surface area contributed by atoms with Crippen LogP contribution in [0, 0.1) is 0 Å². The Morgan fingerprint density at radius 2 is 2.06 bits per heavy atom. The number of hydrogen-bond acceptors (Lipinski definition) is 4. The van der Waals surface area contributed by atoms with Crippen molar-refractivity contribution in [1.82, 2.24) is 9.97 Å². The van der Waals surface area contributed by atoms with Gasteiger partial charge in [0.05, 0.1) is 8.07 Å². The van der Waals surface area contributed by atoms with Crippen LogP contribution in [0.15, 0.2) is 12.3 Å². The second-order valence-electron chi connectivity index (χ2n) is 5.20. The average Bonchev–Trinajstić information content (AvgIpc) is 2.29. The van der Waals surface area contributed by atoms with Crippen molar-refractivity contribution in [2.45, 2.75) is 25.2 Å². The van der Waals surface area contributed by atoms with Crippen LogP contribution in [0.1, 0.15) is 10.5 Å². The van der Waals surface area contributed by atoms with Gasteiger partial charge in [0.2, 0.25) is 5.95 Å². The molecule has 1 aromatic rings. The van der Waals surface area contributed by atoms with Gasteiger partial charge in [-0.2, -0.15) is 0 Å². The molecule has 0 saturated carbocycles. The predicted molar refractivity (Wildman–Crippen MR) is 68.3 cm³/mol. The molecule has 2 rings (SSSR count).